The van der Waals surface area contributed by atoms with Crippen LogP contribution in [-0.4, -0.2) is 9.13 Å². The molecule has 0 spiro atoms. The van der Waals surface area contributed by atoms with Crippen LogP contribution in [0, 0.1) is 0 Å². The molecule has 0 aliphatic heterocycles. The lowest BCUT2D eigenvalue weighted by atomic mass is 9.86. The van der Waals surface area contributed by atoms with Crippen molar-refractivity contribution < 1.29 is 0 Å². The molecule has 0 atom stereocenters. The zero-order valence-electron chi connectivity index (χ0n) is 34.7. The molecule has 0 fully saturated rings. The van der Waals surface area contributed by atoms with Gasteiger partial charge in [-0.15, -0.1) is 0 Å². The average Bonchev–Trinajstić information content (AvgIpc) is 3.36. The van der Waals surface area contributed by atoms with Crippen LogP contribution in [0.3, 0.4) is 0 Å². The summed E-state index contributed by atoms with van der Waals surface area (Å²) in [5, 5.41) is 9.71. The Morgan fingerprint density at radius 2 is 0.500 bits per heavy atom. The molecule has 0 aliphatic carbocycles. The molecular weight excluding hydrogens is 781 g/mol. The molecule has 0 bridgehead atoms. The first-order valence-electron chi connectivity index (χ1n) is 21.6. The Balaban J connectivity index is 0.999. The Hall–Kier alpha value is -8.60. The van der Waals surface area contributed by atoms with Gasteiger partial charge >= 0.3 is 5.69 Å². The molecule has 64 heavy (non-hydrogen) atoms. The zero-order valence-corrected chi connectivity index (χ0v) is 34.7. The van der Waals surface area contributed by atoms with E-state index in [2.05, 4.69) is 164 Å². The van der Waals surface area contributed by atoms with Crippen LogP contribution < -0.4 is 11.2 Å². The number of aromatic nitrogens is 2. The Morgan fingerprint density at radius 3 is 0.844 bits per heavy atom. The predicted molar refractivity (Wildman–Crippen MR) is 267 cm³/mol. The zero-order chi connectivity index (χ0) is 42.7. The second-order valence-electron chi connectivity index (χ2n) is 16.3. The van der Waals surface area contributed by atoms with Crippen molar-refractivity contribution in [3.05, 3.63) is 251 Å². The highest BCUT2D eigenvalue weighted by molar-refractivity contribution is 6.22. The minimum atomic E-state index is -0.435. The van der Waals surface area contributed by atoms with E-state index in [1.807, 2.05) is 60.7 Å². The Bertz CT molecular complexity index is 3790. The van der Waals surface area contributed by atoms with Gasteiger partial charge in [0.15, 0.2) is 0 Å². The van der Waals surface area contributed by atoms with E-state index in [4.69, 9.17) is 0 Å². The molecule has 0 N–H and O–H groups in total. The molecule has 0 unspecified atom stereocenters. The van der Waals surface area contributed by atoms with Crippen molar-refractivity contribution in [2.45, 2.75) is 0 Å². The second kappa shape index (κ2) is 15.1. The SMILES string of the molecule is O=c1c2ccccc2n(-c2ccc(-c3c4ccccc4c(-c4ccccc4)c4ccccc34)cc2)c(=O)n1-c1ccc(-c2c3ccccc3c(-c3ccccc3)c3ccccc23)cc1. The number of fused-ring (bicyclic) bond motifs is 5. The highest BCUT2D eigenvalue weighted by Gasteiger charge is 2.20. The van der Waals surface area contributed by atoms with E-state index in [1.54, 1.807) is 10.6 Å². The van der Waals surface area contributed by atoms with E-state index in [-0.39, 0.29) is 5.56 Å². The van der Waals surface area contributed by atoms with Crippen LogP contribution in [0.2, 0.25) is 0 Å². The standard InChI is InChI=1S/C60H38N2O2/c63-59-53-29-15-16-30-54(53)61(43-35-31-41(32-36-43)57-49-25-11-7-21-45(49)55(39-17-3-1-4-18-39)46-22-8-12-26-50(46)57)60(64)62(59)44-37-33-42(34-38-44)58-51-27-13-9-23-47(51)56(40-19-5-2-6-20-40)48-24-10-14-28-52(48)58/h1-38H. The van der Waals surface area contributed by atoms with Crippen molar-refractivity contribution in [3.63, 3.8) is 0 Å². The molecule has 4 nitrogen and oxygen atoms in total. The van der Waals surface area contributed by atoms with Gasteiger partial charge in [0.2, 0.25) is 0 Å². The molecule has 12 rings (SSSR count). The van der Waals surface area contributed by atoms with E-state index >= 15 is 0 Å². The number of hydrogen-bond acceptors (Lipinski definition) is 2. The molecule has 0 radical (unpaired) electrons. The summed E-state index contributed by atoms with van der Waals surface area (Å²) in [6.07, 6.45) is 0. The third-order valence-corrected chi connectivity index (χ3v) is 12.8. The van der Waals surface area contributed by atoms with Gasteiger partial charge in [-0.3, -0.25) is 9.36 Å². The van der Waals surface area contributed by atoms with Gasteiger partial charge in [0.05, 0.1) is 22.3 Å². The Labute approximate surface area is 368 Å². The van der Waals surface area contributed by atoms with Crippen LogP contribution in [0.15, 0.2) is 240 Å². The van der Waals surface area contributed by atoms with Gasteiger partial charge in [-0.1, -0.05) is 194 Å². The Kier molecular flexibility index (Phi) is 8.77. The van der Waals surface area contributed by atoms with Gasteiger partial charge in [0.25, 0.3) is 5.56 Å². The number of benzene rings is 11. The maximum absolute atomic E-state index is 14.9. The van der Waals surface area contributed by atoms with Gasteiger partial charge in [-0.2, -0.15) is 0 Å². The quantitative estimate of drug-likeness (QED) is 0.157. The molecule has 0 saturated carbocycles. The van der Waals surface area contributed by atoms with Crippen molar-refractivity contribution in [1.29, 1.82) is 0 Å². The normalized spacial score (nSPS) is 11.6. The van der Waals surface area contributed by atoms with Gasteiger partial charge in [0.1, 0.15) is 0 Å². The molecule has 0 saturated heterocycles. The number of nitrogens with zero attached hydrogens (tertiary/aromatic N) is 2. The van der Waals surface area contributed by atoms with Crippen molar-refractivity contribution in [2.75, 3.05) is 0 Å². The van der Waals surface area contributed by atoms with Crippen LogP contribution in [0.25, 0.3) is 110 Å². The van der Waals surface area contributed by atoms with Gasteiger partial charge in [-0.05, 0) is 124 Å². The van der Waals surface area contributed by atoms with E-state index in [0.29, 0.717) is 22.3 Å². The van der Waals surface area contributed by atoms with E-state index < -0.39 is 5.69 Å². The van der Waals surface area contributed by atoms with Crippen LogP contribution in [0.5, 0.6) is 0 Å². The maximum Gasteiger partial charge on any atom is 0.340 e. The van der Waals surface area contributed by atoms with Gasteiger partial charge < -0.3 is 0 Å². The molecule has 1 aromatic heterocycles. The third-order valence-electron chi connectivity index (χ3n) is 12.8. The first kappa shape index (κ1) is 37.2. The average molecular weight is 819 g/mol. The summed E-state index contributed by atoms with van der Waals surface area (Å²) >= 11 is 0. The van der Waals surface area contributed by atoms with Gasteiger partial charge in [-0.25, -0.2) is 9.36 Å². The molecule has 4 heteroatoms. The fourth-order valence-electron chi connectivity index (χ4n) is 10.0. The van der Waals surface area contributed by atoms with Crippen LogP contribution in [0.1, 0.15) is 0 Å². The summed E-state index contributed by atoms with van der Waals surface area (Å²) in [6, 6.07) is 78.8. The monoisotopic (exact) mass is 818 g/mol. The minimum absolute atomic E-state index is 0.360. The first-order chi connectivity index (χ1) is 31.6. The molecular formula is C60H38N2O2. The van der Waals surface area contributed by atoms with Crippen LogP contribution >= 0.6 is 0 Å². The van der Waals surface area contributed by atoms with Crippen molar-refractivity contribution in [3.8, 4) is 55.9 Å². The van der Waals surface area contributed by atoms with E-state index in [1.165, 1.54) is 32.0 Å². The number of para-hydroxylation sites is 1. The third kappa shape index (κ3) is 5.84. The fourth-order valence-corrected chi connectivity index (χ4v) is 10.0. The highest BCUT2D eigenvalue weighted by atomic mass is 16.2. The molecule has 0 amide bonds. The smallest absolute Gasteiger partial charge is 0.268 e. The second-order valence-corrected chi connectivity index (χ2v) is 16.3. The minimum Gasteiger partial charge on any atom is -0.268 e. The predicted octanol–water partition coefficient (Wildman–Crippen LogP) is 14.4. The summed E-state index contributed by atoms with van der Waals surface area (Å²) in [5.74, 6) is 0. The number of rotatable bonds is 6. The van der Waals surface area contributed by atoms with E-state index in [0.717, 1.165) is 60.1 Å². The van der Waals surface area contributed by atoms with Crippen molar-refractivity contribution in [1.82, 2.24) is 9.13 Å². The van der Waals surface area contributed by atoms with Crippen LogP contribution in [0.4, 0.5) is 0 Å². The lowest BCUT2D eigenvalue weighted by Gasteiger charge is -2.19. The maximum atomic E-state index is 14.9. The van der Waals surface area contributed by atoms with Crippen molar-refractivity contribution >= 4 is 54.0 Å². The molecule has 300 valence electrons. The summed E-state index contributed by atoms with van der Waals surface area (Å²) in [7, 11) is 0. The fraction of sp³-hybridized carbons (Fsp3) is 0. The summed E-state index contributed by atoms with van der Waals surface area (Å²) in [4.78, 5) is 29.3. The molecule has 0 aliphatic rings. The van der Waals surface area contributed by atoms with Crippen LogP contribution in [-0.2, 0) is 0 Å². The topological polar surface area (TPSA) is 44.0 Å². The lowest BCUT2D eigenvalue weighted by molar-refractivity contribution is 0.835. The summed E-state index contributed by atoms with van der Waals surface area (Å²) in [5.41, 5.74) is 9.95. The van der Waals surface area contributed by atoms with Gasteiger partial charge in [0, 0.05) is 0 Å². The number of hydrogen-bond donors (Lipinski definition) is 0. The summed E-state index contributed by atoms with van der Waals surface area (Å²) < 4.78 is 2.96. The Morgan fingerprint density at radius 1 is 0.234 bits per heavy atom. The first-order valence-corrected chi connectivity index (χ1v) is 21.6. The molecule has 11 aromatic carbocycles. The summed E-state index contributed by atoms with van der Waals surface area (Å²) in [6.45, 7) is 0. The molecule has 12 aromatic rings. The van der Waals surface area contributed by atoms with E-state index in [9.17, 15) is 9.59 Å². The van der Waals surface area contributed by atoms with Crippen molar-refractivity contribution in [2.24, 2.45) is 0 Å². The lowest BCUT2D eigenvalue weighted by Crippen LogP contribution is -2.38. The largest absolute Gasteiger partial charge is 0.340 e. The molecule has 1 heterocycles. The highest BCUT2D eigenvalue weighted by Crippen LogP contribution is 2.45.